The molecule has 0 saturated carbocycles. The van der Waals surface area contributed by atoms with Crippen LogP contribution in [0.1, 0.15) is 51.8 Å². The summed E-state index contributed by atoms with van der Waals surface area (Å²) in [6.45, 7) is 1.59. The Labute approximate surface area is 254 Å². The summed E-state index contributed by atoms with van der Waals surface area (Å²) >= 11 is 0. The molecular weight excluding hydrogens is 588 g/mol. The molecule has 3 aliphatic heterocycles. The quantitative estimate of drug-likeness (QED) is 0.271. The molecule has 10 nitrogen and oxygen atoms in total. The Bertz CT molecular complexity index is 1860. The maximum Gasteiger partial charge on any atom is 0.446 e. The molecule has 44 heavy (non-hydrogen) atoms. The van der Waals surface area contributed by atoms with Crippen LogP contribution in [0.5, 0.6) is 34.5 Å². The second-order valence-corrected chi connectivity index (χ2v) is 12.0. The van der Waals surface area contributed by atoms with Crippen LogP contribution in [0.25, 0.3) is 0 Å². The Morgan fingerprint density at radius 2 is 1.52 bits per heavy atom. The molecule has 228 valence electrons. The summed E-state index contributed by atoms with van der Waals surface area (Å²) in [6, 6.07) is 22.0. The van der Waals surface area contributed by atoms with Crippen LogP contribution in [0.15, 0.2) is 72.8 Å². The van der Waals surface area contributed by atoms with Crippen LogP contribution >= 0.6 is 0 Å². The third-order valence-corrected chi connectivity index (χ3v) is 8.95. The summed E-state index contributed by atoms with van der Waals surface area (Å²) in [7, 11) is -1.86. The minimum absolute atomic E-state index is 0.149. The van der Waals surface area contributed by atoms with Crippen molar-refractivity contribution in [2.45, 2.75) is 43.7 Å². The molecular formula is C33H30O10S. The topological polar surface area (TPSA) is 130 Å². The molecule has 4 atom stereocenters. The van der Waals surface area contributed by atoms with Crippen molar-refractivity contribution < 1.29 is 45.9 Å². The first-order chi connectivity index (χ1) is 21.1. The lowest BCUT2D eigenvalue weighted by molar-refractivity contribution is -0.218. The fraction of sp³-hybridized carbons (Fsp3) is 0.273. The summed E-state index contributed by atoms with van der Waals surface area (Å²) in [6.07, 6.45) is -0.193. The van der Waals surface area contributed by atoms with E-state index in [-0.39, 0.29) is 28.9 Å². The summed E-state index contributed by atoms with van der Waals surface area (Å²) < 4.78 is 69.5. The number of hydrogen-bond donors (Lipinski definition) is 2. The molecule has 0 aromatic heterocycles. The van der Waals surface area contributed by atoms with E-state index in [1.165, 1.54) is 13.2 Å². The van der Waals surface area contributed by atoms with Crippen LogP contribution in [-0.4, -0.2) is 38.4 Å². The highest BCUT2D eigenvalue weighted by atomic mass is 32.3. The van der Waals surface area contributed by atoms with E-state index >= 15 is 0 Å². The predicted octanol–water partition coefficient (Wildman–Crippen LogP) is 5.39. The maximum atomic E-state index is 12.3. The fourth-order valence-electron chi connectivity index (χ4n) is 6.66. The highest BCUT2D eigenvalue weighted by Gasteiger charge is 2.60. The molecule has 3 aliphatic rings. The predicted molar refractivity (Wildman–Crippen MR) is 158 cm³/mol. The number of aliphatic hydroxyl groups excluding tert-OH is 1. The molecule has 11 heteroatoms. The minimum Gasteiger partial charge on any atom is -0.496 e. The van der Waals surface area contributed by atoms with Gasteiger partial charge in [0, 0.05) is 39.9 Å². The van der Waals surface area contributed by atoms with Gasteiger partial charge in [-0.1, -0.05) is 60.7 Å². The number of hydrogen-bond acceptors (Lipinski definition) is 9. The molecule has 0 unspecified atom stereocenters. The van der Waals surface area contributed by atoms with Gasteiger partial charge >= 0.3 is 16.2 Å². The van der Waals surface area contributed by atoms with Crippen LogP contribution in [0, 0.1) is 6.92 Å². The van der Waals surface area contributed by atoms with E-state index < -0.39 is 28.2 Å². The van der Waals surface area contributed by atoms with E-state index in [0.29, 0.717) is 46.8 Å². The van der Waals surface area contributed by atoms with Crippen molar-refractivity contribution >= 4 is 10.4 Å². The number of ether oxygens (including phenoxy) is 5. The zero-order chi connectivity index (χ0) is 30.8. The number of fused-ring (bicyclic) bond motifs is 8. The van der Waals surface area contributed by atoms with E-state index in [9.17, 15) is 18.1 Å². The van der Waals surface area contributed by atoms with Crippen molar-refractivity contribution in [2.24, 2.45) is 0 Å². The number of benzene rings is 4. The standard InChI is InChI=1S/C33H30O10S/c1-18-23(43-44(35,36)37)16-25-27(30(18)39-3)29-28-26(42-33(41-25,32(29)34)20-12-8-5-9-13-20)17-24(38-2)21-14-15-22(40-31(21)28)19-10-6-4-7-11-19/h4-13,16-17,22,29,32,34H,14-15H2,1-3H3,(H,35,36,37)/t22-,29+,32+,33-/m0/s1. The average molecular weight is 619 g/mol. The zero-order valence-corrected chi connectivity index (χ0v) is 25.0. The molecule has 3 heterocycles. The Hall–Kier alpha value is -4.45. The molecule has 0 aliphatic carbocycles. The van der Waals surface area contributed by atoms with Gasteiger partial charge in [-0.05, 0) is 25.3 Å². The first kappa shape index (κ1) is 28.3. The lowest BCUT2D eigenvalue weighted by atomic mass is 9.74. The SMILES string of the molecule is COc1cc2c(c3c1CC[C@@H](c1ccccc1)O3)[C@H]1c3c(cc(OS(=O)(=O)O)c(C)c3OC)O[C@@](c3ccccc3)(O2)[C@@H]1O. The zero-order valence-electron chi connectivity index (χ0n) is 24.1. The van der Waals surface area contributed by atoms with Gasteiger partial charge in [0.2, 0.25) is 0 Å². The van der Waals surface area contributed by atoms with E-state index in [1.54, 1.807) is 44.4 Å². The lowest BCUT2D eigenvalue weighted by Crippen LogP contribution is -2.57. The monoisotopic (exact) mass is 618 g/mol. The molecule has 0 amide bonds. The largest absolute Gasteiger partial charge is 0.496 e. The van der Waals surface area contributed by atoms with Gasteiger partial charge in [-0.25, -0.2) is 0 Å². The summed E-state index contributed by atoms with van der Waals surface area (Å²) in [5.41, 5.74) is 3.70. The Morgan fingerprint density at radius 3 is 2.16 bits per heavy atom. The molecule has 0 fully saturated rings. The van der Waals surface area contributed by atoms with Crippen LogP contribution in [-0.2, 0) is 22.6 Å². The van der Waals surface area contributed by atoms with Crippen LogP contribution in [0.4, 0.5) is 0 Å². The first-order valence-electron chi connectivity index (χ1n) is 14.1. The van der Waals surface area contributed by atoms with E-state index in [2.05, 4.69) is 0 Å². The average Bonchev–Trinajstić information content (AvgIpc) is 3.02. The molecule has 2 N–H and O–H groups in total. The Balaban J connectivity index is 1.52. The maximum absolute atomic E-state index is 12.3. The van der Waals surface area contributed by atoms with Crippen LogP contribution in [0.3, 0.4) is 0 Å². The molecule has 0 spiro atoms. The third-order valence-electron chi connectivity index (χ3n) is 8.56. The van der Waals surface area contributed by atoms with Crippen molar-refractivity contribution in [3.8, 4) is 34.5 Å². The van der Waals surface area contributed by atoms with Crippen molar-refractivity contribution in [3.63, 3.8) is 0 Å². The van der Waals surface area contributed by atoms with Crippen molar-refractivity contribution in [1.82, 2.24) is 0 Å². The second-order valence-electron chi connectivity index (χ2n) is 11.0. The molecule has 0 saturated heterocycles. The molecule has 0 radical (unpaired) electrons. The highest BCUT2D eigenvalue weighted by Crippen LogP contribution is 2.62. The Morgan fingerprint density at radius 1 is 0.886 bits per heavy atom. The fourth-order valence-corrected chi connectivity index (χ4v) is 7.06. The minimum atomic E-state index is -4.87. The normalized spacial score (nSPS) is 23.1. The van der Waals surface area contributed by atoms with Crippen molar-refractivity contribution in [1.29, 1.82) is 0 Å². The van der Waals surface area contributed by atoms with Gasteiger partial charge in [-0.3, -0.25) is 4.55 Å². The molecule has 7 rings (SSSR count). The van der Waals surface area contributed by atoms with E-state index in [4.69, 9.17) is 27.9 Å². The smallest absolute Gasteiger partial charge is 0.446 e. The third kappa shape index (κ3) is 4.34. The summed E-state index contributed by atoms with van der Waals surface area (Å²) in [5, 5.41) is 12.3. The van der Waals surface area contributed by atoms with Gasteiger partial charge in [0.05, 0.1) is 20.1 Å². The lowest BCUT2D eigenvalue weighted by Gasteiger charge is -2.50. The second kappa shape index (κ2) is 10.3. The van der Waals surface area contributed by atoms with Crippen LogP contribution < -0.4 is 27.9 Å². The van der Waals surface area contributed by atoms with Gasteiger partial charge in [0.15, 0.2) is 5.75 Å². The van der Waals surface area contributed by atoms with Crippen molar-refractivity contribution in [3.05, 3.63) is 106 Å². The molecule has 4 aromatic rings. The molecule has 4 aromatic carbocycles. The number of aliphatic hydroxyl groups is 1. The highest BCUT2D eigenvalue weighted by molar-refractivity contribution is 7.81. The van der Waals surface area contributed by atoms with Crippen LogP contribution in [0.2, 0.25) is 0 Å². The summed E-state index contributed by atoms with van der Waals surface area (Å²) in [5.74, 6) is -0.871. The van der Waals surface area contributed by atoms with Gasteiger partial charge in [-0.15, -0.1) is 0 Å². The molecule has 2 bridgehead atoms. The number of methoxy groups -OCH3 is 2. The van der Waals surface area contributed by atoms with E-state index in [1.807, 2.05) is 36.4 Å². The van der Waals surface area contributed by atoms with Gasteiger partial charge in [0.25, 0.3) is 0 Å². The van der Waals surface area contributed by atoms with Gasteiger partial charge < -0.3 is 33.0 Å². The first-order valence-corrected chi connectivity index (χ1v) is 15.5. The van der Waals surface area contributed by atoms with Gasteiger partial charge in [0.1, 0.15) is 41.0 Å². The van der Waals surface area contributed by atoms with E-state index in [0.717, 1.165) is 11.1 Å². The number of rotatable bonds is 6. The Kier molecular flexibility index (Phi) is 6.65. The summed E-state index contributed by atoms with van der Waals surface area (Å²) in [4.78, 5) is 0. The van der Waals surface area contributed by atoms with Crippen molar-refractivity contribution in [2.75, 3.05) is 14.2 Å². The van der Waals surface area contributed by atoms with Gasteiger partial charge in [-0.2, -0.15) is 8.42 Å².